The number of carbonyl (C=O) groups is 1. The van der Waals surface area contributed by atoms with Gasteiger partial charge in [-0.1, -0.05) is 60.7 Å². The summed E-state index contributed by atoms with van der Waals surface area (Å²) in [6.45, 7) is 1.29. The van der Waals surface area contributed by atoms with Gasteiger partial charge in [0.1, 0.15) is 5.75 Å². The minimum atomic E-state index is -4.88. The standard InChI is InChI=1S/C29H26F3N5O3/c30-29(31,32)40-22-11-12-24-23(17-22)25(36-39)35-27(34-24)37-15-13-28(14-16-37,18-20-7-3-1-4-8-20)26(38)33-19-21-9-5-2-6-10-21/h1-12,17H,13-16,18-19H2,(H,33,38). The molecule has 206 valence electrons. The first-order valence-corrected chi connectivity index (χ1v) is 12.8. The zero-order valence-electron chi connectivity index (χ0n) is 21.4. The molecule has 3 aromatic carbocycles. The number of nitrogens with one attached hydrogen (secondary N) is 1. The lowest BCUT2D eigenvalue weighted by Crippen LogP contribution is -2.50. The molecule has 1 saturated heterocycles. The quantitative estimate of drug-likeness (QED) is 0.268. The maximum absolute atomic E-state index is 13.6. The lowest BCUT2D eigenvalue weighted by Gasteiger charge is -2.41. The SMILES string of the molecule is O=Nc1nc(N2CCC(Cc3ccccc3)(C(=O)NCc3ccccc3)CC2)nc2ccc(OC(F)(F)F)cc12. The molecule has 0 unspecified atom stereocenters. The van der Waals surface area contributed by atoms with Gasteiger partial charge in [0, 0.05) is 19.6 Å². The summed E-state index contributed by atoms with van der Waals surface area (Å²) in [6.07, 6.45) is -3.31. The number of anilines is 1. The van der Waals surface area contributed by atoms with E-state index in [1.807, 2.05) is 65.6 Å². The van der Waals surface area contributed by atoms with E-state index in [9.17, 15) is 22.9 Å². The van der Waals surface area contributed by atoms with Gasteiger partial charge in [-0.05, 0) is 53.8 Å². The molecule has 1 aliphatic rings. The molecule has 11 heteroatoms. The third-order valence-electron chi connectivity index (χ3n) is 7.12. The van der Waals surface area contributed by atoms with E-state index >= 15 is 0 Å². The Morgan fingerprint density at radius 1 is 0.950 bits per heavy atom. The van der Waals surface area contributed by atoms with Gasteiger partial charge >= 0.3 is 6.36 Å². The van der Waals surface area contributed by atoms with Crippen LogP contribution in [0.25, 0.3) is 10.9 Å². The van der Waals surface area contributed by atoms with Crippen molar-refractivity contribution in [2.24, 2.45) is 10.6 Å². The summed E-state index contributed by atoms with van der Waals surface area (Å²) < 4.78 is 41.9. The van der Waals surface area contributed by atoms with Crippen LogP contribution in [0.15, 0.2) is 84.0 Å². The van der Waals surface area contributed by atoms with Crippen molar-refractivity contribution in [2.75, 3.05) is 18.0 Å². The molecule has 1 fully saturated rings. The van der Waals surface area contributed by atoms with Gasteiger partial charge in [-0.3, -0.25) is 4.79 Å². The number of piperidine rings is 1. The number of amides is 1. The van der Waals surface area contributed by atoms with Crippen LogP contribution in [-0.2, 0) is 17.8 Å². The number of nitroso groups, excluding NO2 is 1. The van der Waals surface area contributed by atoms with Crippen molar-refractivity contribution < 1.29 is 22.7 Å². The average Bonchev–Trinajstić information content (AvgIpc) is 2.96. The van der Waals surface area contributed by atoms with Gasteiger partial charge in [-0.15, -0.1) is 18.1 Å². The van der Waals surface area contributed by atoms with Gasteiger partial charge in [-0.25, -0.2) is 4.98 Å². The molecule has 0 saturated carbocycles. The van der Waals surface area contributed by atoms with E-state index in [1.165, 1.54) is 6.07 Å². The Kier molecular flexibility index (Phi) is 7.63. The third-order valence-corrected chi connectivity index (χ3v) is 7.12. The molecule has 0 aliphatic carbocycles. The highest BCUT2D eigenvalue weighted by molar-refractivity contribution is 5.90. The predicted molar refractivity (Wildman–Crippen MR) is 144 cm³/mol. The van der Waals surface area contributed by atoms with E-state index in [0.29, 0.717) is 38.9 Å². The minimum Gasteiger partial charge on any atom is -0.406 e. The number of aromatic nitrogens is 2. The van der Waals surface area contributed by atoms with Gasteiger partial charge < -0.3 is 15.0 Å². The molecule has 40 heavy (non-hydrogen) atoms. The van der Waals surface area contributed by atoms with Gasteiger partial charge in [0.15, 0.2) is 0 Å². The molecule has 1 amide bonds. The number of hydrogen-bond donors (Lipinski definition) is 1. The number of fused-ring (bicyclic) bond motifs is 1. The van der Waals surface area contributed by atoms with Crippen LogP contribution in [0.3, 0.4) is 0 Å². The minimum absolute atomic E-state index is 0.0354. The molecule has 1 aliphatic heterocycles. The van der Waals surface area contributed by atoms with Crippen LogP contribution in [0.5, 0.6) is 5.75 Å². The van der Waals surface area contributed by atoms with Gasteiger partial charge in [0.25, 0.3) is 0 Å². The number of halogens is 3. The second kappa shape index (κ2) is 11.3. The van der Waals surface area contributed by atoms with Crippen LogP contribution >= 0.6 is 0 Å². The fourth-order valence-corrected chi connectivity index (χ4v) is 5.06. The van der Waals surface area contributed by atoms with Crippen LogP contribution in [-0.4, -0.2) is 35.3 Å². The van der Waals surface area contributed by atoms with Gasteiger partial charge in [0.2, 0.25) is 17.7 Å². The van der Waals surface area contributed by atoms with Crippen LogP contribution in [0.1, 0.15) is 24.0 Å². The topological polar surface area (TPSA) is 96.8 Å². The molecule has 4 aromatic rings. The van der Waals surface area contributed by atoms with Crippen molar-refractivity contribution in [3.63, 3.8) is 0 Å². The van der Waals surface area contributed by atoms with Crippen molar-refractivity contribution in [3.05, 3.63) is 94.9 Å². The van der Waals surface area contributed by atoms with Crippen molar-refractivity contribution in [2.45, 2.75) is 32.2 Å². The van der Waals surface area contributed by atoms with Crippen molar-refractivity contribution in [3.8, 4) is 5.75 Å². The van der Waals surface area contributed by atoms with E-state index in [4.69, 9.17) is 0 Å². The summed E-state index contributed by atoms with van der Waals surface area (Å²) in [5.74, 6) is -0.586. The van der Waals surface area contributed by atoms with E-state index < -0.39 is 17.5 Å². The summed E-state index contributed by atoms with van der Waals surface area (Å²) in [5, 5.41) is 6.09. The zero-order valence-corrected chi connectivity index (χ0v) is 21.4. The number of ether oxygens (including phenoxy) is 1. The highest BCUT2D eigenvalue weighted by atomic mass is 19.4. The van der Waals surface area contributed by atoms with Crippen LogP contribution < -0.4 is 15.0 Å². The van der Waals surface area contributed by atoms with Crippen molar-refractivity contribution >= 4 is 28.6 Å². The van der Waals surface area contributed by atoms with E-state index in [-0.39, 0.29) is 28.6 Å². The Balaban J connectivity index is 1.37. The Labute approximate surface area is 228 Å². The molecule has 5 rings (SSSR count). The van der Waals surface area contributed by atoms with Gasteiger partial charge in [-0.2, -0.15) is 4.98 Å². The second-order valence-electron chi connectivity index (χ2n) is 9.76. The molecule has 0 radical (unpaired) electrons. The molecule has 8 nitrogen and oxygen atoms in total. The molecule has 1 aromatic heterocycles. The van der Waals surface area contributed by atoms with E-state index in [2.05, 4.69) is 25.2 Å². The normalized spacial score (nSPS) is 15.0. The molecular formula is C29H26F3N5O3. The first-order valence-electron chi connectivity index (χ1n) is 12.8. The number of carbonyl (C=O) groups excluding carboxylic acids is 1. The molecule has 0 spiro atoms. The van der Waals surface area contributed by atoms with E-state index in [0.717, 1.165) is 23.3 Å². The molecule has 2 heterocycles. The molecular weight excluding hydrogens is 523 g/mol. The zero-order chi connectivity index (χ0) is 28.2. The molecule has 1 N–H and O–H groups in total. The highest BCUT2D eigenvalue weighted by Gasteiger charge is 2.42. The summed E-state index contributed by atoms with van der Waals surface area (Å²) in [6, 6.07) is 23.0. The lowest BCUT2D eigenvalue weighted by atomic mass is 9.73. The molecule has 0 bridgehead atoms. The second-order valence-corrected chi connectivity index (χ2v) is 9.76. The largest absolute Gasteiger partial charge is 0.573 e. The van der Waals surface area contributed by atoms with Crippen LogP contribution in [0.4, 0.5) is 24.9 Å². The fourth-order valence-electron chi connectivity index (χ4n) is 5.06. The number of alkyl halides is 3. The molecule has 0 atom stereocenters. The van der Waals surface area contributed by atoms with E-state index in [1.54, 1.807) is 0 Å². The monoisotopic (exact) mass is 549 g/mol. The summed E-state index contributed by atoms with van der Waals surface area (Å²) in [7, 11) is 0. The average molecular weight is 550 g/mol. The summed E-state index contributed by atoms with van der Waals surface area (Å²) >= 11 is 0. The van der Waals surface area contributed by atoms with Crippen molar-refractivity contribution in [1.82, 2.24) is 15.3 Å². The van der Waals surface area contributed by atoms with Crippen LogP contribution in [0.2, 0.25) is 0 Å². The maximum atomic E-state index is 13.6. The number of hydrogen-bond acceptors (Lipinski definition) is 7. The lowest BCUT2D eigenvalue weighted by molar-refractivity contribution is -0.274. The Bertz CT molecular complexity index is 1490. The number of benzene rings is 3. The number of rotatable bonds is 8. The first-order chi connectivity index (χ1) is 19.2. The summed E-state index contributed by atoms with van der Waals surface area (Å²) in [4.78, 5) is 35.8. The third kappa shape index (κ3) is 6.19. The Morgan fingerprint density at radius 3 is 2.23 bits per heavy atom. The Hall–Kier alpha value is -4.54. The Morgan fingerprint density at radius 2 is 1.60 bits per heavy atom. The maximum Gasteiger partial charge on any atom is 0.573 e. The highest BCUT2D eigenvalue weighted by Crippen LogP contribution is 2.38. The fraction of sp³-hybridized carbons (Fsp3) is 0.276. The number of nitrogens with zero attached hydrogens (tertiary/aromatic N) is 4. The van der Waals surface area contributed by atoms with Gasteiger partial charge in [0.05, 0.1) is 16.3 Å². The van der Waals surface area contributed by atoms with Crippen LogP contribution in [0, 0.1) is 10.3 Å². The first kappa shape index (κ1) is 27.0. The smallest absolute Gasteiger partial charge is 0.406 e. The van der Waals surface area contributed by atoms with Crippen molar-refractivity contribution in [1.29, 1.82) is 0 Å². The predicted octanol–water partition coefficient (Wildman–Crippen LogP) is 6.07. The summed E-state index contributed by atoms with van der Waals surface area (Å²) in [5.41, 5.74) is 1.65.